The van der Waals surface area contributed by atoms with Crippen LogP contribution in [0.3, 0.4) is 0 Å². The Morgan fingerprint density at radius 3 is 2.61 bits per heavy atom. The van der Waals surface area contributed by atoms with Crippen LogP contribution in [0.5, 0.6) is 0 Å². The van der Waals surface area contributed by atoms with Gasteiger partial charge >= 0.3 is 0 Å². The lowest BCUT2D eigenvalue weighted by molar-refractivity contribution is 0.0320. The Labute approximate surface area is 112 Å². The molecule has 0 bridgehead atoms. The van der Waals surface area contributed by atoms with E-state index in [0.717, 1.165) is 19.1 Å². The Kier molecular flexibility index (Phi) is 5.46. The molecular formula is C15H30N2O. The van der Waals surface area contributed by atoms with Gasteiger partial charge in [-0.2, -0.15) is 0 Å². The molecule has 0 aliphatic carbocycles. The maximum atomic E-state index is 5.52. The van der Waals surface area contributed by atoms with E-state index in [2.05, 4.69) is 31.0 Å². The van der Waals surface area contributed by atoms with Gasteiger partial charge < -0.3 is 15.0 Å². The lowest BCUT2D eigenvalue weighted by Crippen LogP contribution is -2.49. The average molecular weight is 254 g/mol. The first-order valence-electron chi connectivity index (χ1n) is 7.76. The number of ether oxygens (including phenoxy) is 1. The van der Waals surface area contributed by atoms with E-state index in [-0.39, 0.29) is 0 Å². The van der Waals surface area contributed by atoms with Gasteiger partial charge in [-0.1, -0.05) is 13.8 Å². The molecule has 2 heterocycles. The summed E-state index contributed by atoms with van der Waals surface area (Å²) in [7, 11) is 0. The minimum Gasteiger partial charge on any atom is -0.381 e. The normalized spacial score (nSPS) is 33.5. The highest BCUT2D eigenvalue weighted by molar-refractivity contribution is 4.84. The summed E-state index contributed by atoms with van der Waals surface area (Å²) in [5, 5.41) is 3.87. The summed E-state index contributed by atoms with van der Waals surface area (Å²) in [5.74, 6) is 1.53. The molecule has 106 valence electrons. The van der Waals surface area contributed by atoms with Gasteiger partial charge in [-0.3, -0.25) is 0 Å². The van der Waals surface area contributed by atoms with Gasteiger partial charge in [0.25, 0.3) is 0 Å². The van der Waals surface area contributed by atoms with Gasteiger partial charge in [0.15, 0.2) is 0 Å². The van der Waals surface area contributed by atoms with Crippen LogP contribution in [0, 0.1) is 11.8 Å². The lowest BCUT2D eigenvalue weighted by atomic mass is 9.88. The van der Waals surface area contributed by atoms with E-state index < -0.39 is 0 Å². The van der Waals surface area contributed by atoms with Crippen molar-refractivity contribution in [2.75, 3.05) is 32.8 Å². The number of piperidine rings is 1. The first kappa shape index (κ1) is 14.3. The van der Waals surface area contributed by atoms with Gasteiger partial charge in [-0.15, -0.1) is 0 Å². The van der Waals surface area contributed by atoms with Crippen molar-refractivity contribution in [3.05, 3.63) is 0 Å². The number of likely N-dealkylation sites (tertiary alicyclic amines) is 1. The number of rotatable bonds is 4. The third-order valence-electron chi connectivity index (χ3n) is 4.90. The van der Waals surface area contributed by atoms with Crippen molar-refractivity contribution >= 4 is 0 Å². The van der Waals surface area contributed by atoms with E-state index in [9.17, 15) is 0 Å². The fourth-order valence-electron chi connectivity index (χ4n) is 3.37. The molecule has 2 aliphatic heterocycles. The van der Waals surface area contributed by atoms with Crippen LogP contribution in [0.25, 0.3) is 0 Å². The predicted octanol–water partition coefficient (Wildman–Crippen LogP) is 2.12. The highest BCUT2D eigenvalue weighted by Crippen LogP contribution is 2.22. The molecule has 18 heavy (non-hydrogen) atoms. The van der Waals surface area contributed by atoms with Gasteiger partial charge in [0, 0.05) is 18.7 Å². The van der Waals surface area contributed by atoms with Crippen LogP contribution in [0.15, 0.2) is 0 Å². The highest BCUT2D eigenvalue weighted by atomic mass is 16.5. The maximum absolute atomic E-state index is 5.52. The largest absolute Gasteiger partial charge is 0.381 e. The molecule has 0 aromatic carbocycles. The second-order valence-electron chi connectivity index (χ2n) is 6.17. The maximum Gasteiger partial charge on any atom is 0.0506 e. The van der Waals surface area contributed by atoms with Crippen LogP contribution in [0.1, 0.15) is 40.0 Å². The van der Waals surface area contributed by atoms with E-state index >= 15 is 0 Å². The predicted molar refractivity (Wildman–Crippen MR) is 75.8 cm³/mol. The number of hydrogen-bond donors (Lipinski definition) is 1. The molecule has 3 unspecified atom stereocenters. The van der Waals surface area contributed by atoms with Crippen molar-refractivity contribution in [2.45, 2.75) is 52.1 Å². The van der Waals surface area contributed by atoms with E-state index in [1.165, 1.54) is 38.9 Å². The van der Waals surface area contributed by atoms with Crippen molar-refractivity contribution in [3.8, 4) is 0 Å². The van der Waals surface area contributed by atoms with Crippen LogP contribution < -0.4 is 5.32 Å². The van der Waals surface area contributed by atoms with Crippen molar-refractivity contribution < 1.29 is 4.74 Å². The molecule has 2 aliphatic rings. The van der Waals surface area contributed by atoms with E-state index in [1.807, 2.05) is 0 Å². The Morgan fingerprint density at radius 1 is 1.28 bits per heavy atom. The van der Waals surface area contributed by atoms with Crippen molar-refractivity contribution in [2.24, 2.45) is 11.8 Å². The molecule has 0 aromatic rings. The molecule has 1 N–H and O–H groups in total. The molecule has 3 nitrogen and oxygen atoms in total. The Morgan fingerprint density at radius 2 is 2.00 bits per heavy atom. The van der Waals surface area contributed by atoms with E-state index in [0.29, 0.717) is 18.0 Å². The fourth-order valence-corrected chi connectivity index (χ4v) is 3.37. The fraction of sp³-hybridized carbons (Fsp3) is 1.00. The number of nitrogens with one attached hydrogen (secondary N) is 1. The first-order valence-corrected chi connectivity index (χ1v) is 7.76. The monoisotopic (exact) mass is 254 g/mol. The second kappa shape index (κ2) is 6.88. The Hall–Kier alpha value is -0.120. The Balaban J connectivity index is 1.75. The molecule has 0 amide bonds. The third-order valence-corrected chi connectivity index (χ3v) is 4.90. The molecule has 0 aromatic heterocycles. The second-order valence-corrected chi connectivity index (χ2v) is 6.17. The molecule has 3 heteroatoms. The summed E-state index contributed by atoms with van der Waals surface area (Å²) >= 11 is 0. The molecule has 2 saturated heterocycles. The van der Waals surface area contributed by atoms with Gasteiger partial charge in [0.05, 0.1) is 6.61 Å². The van der Waals surface area contributed by atoms with E-state index in [4.69, 9.17) is 4.74 Å². The summed E-state index contributed by atoms with van der Waals surface area (Å²) in [6.07, 6.45) is 3.90. The zero-order chi connectivity index (χ0) is 13.0. The van der Waals surface area contributed by atoms with Crippen molar-refractivity contribution in [1.82, 2.24) is 10.2 Å². The summed E-state index contributed by atoms with van der Waals surface area (Å²) in [4.78, 5) is 2.57. The van der Waals surface area contributed by atoms with Crippen LogP contribution in [-0.4, -0.2) is 49.8 Å². The van der Waals surface area contributed by atoms with Gasteiger partial charge in [0.2, 0.25) is 0 Å². The van der Waals surface area contributed by atoms with Crippen LogP contribution >= 0.6 is 0 Å². The summed E-state index contributed by atoms with van der Waals surface area (Å²) < 4.78 is 5.52. The molecule has 0 saturated carbocycles. The van der Waals surface area contributed by atoms with Crippen molar-refractivity contribution in [3.63, 3.8) is 0 Å². The number of hydrogen-bond acceptors (Lipinski definition) is 3. The molecule has 0 radical (unpaired) electrons. The standard InChI is InChI=1S/C15H30N2O/c1-4-17-8-5-14(6-9-17)13(3)16-15-7-10-18-11-12(15)2/h12-16H,4-11H2,1-3H3. The minimum atomic E-state index is 0.662. The van der Waals surface area contributed by atoms with E-state index in [1.54, 1.807) is 0 Å². The topological polar surface area (TPSA) is 24.5 Å². The molecule has 0 spiro atoms. The smallest absolute Gasteiger partial charge is 0.0506 e. The zero-order valence-electron chi connectivity index (χ0n) is 12.3. The van der Waals surface area contributed by atoms with Crippen LogP contribution in [0.2, 0.25) is 0 Å². The summed E-state index contributed by atoms with van der Waals surface area (Å²) in [5.41, 5.74) is 0. The molecular weight excluding hydrogens is 224 g/mol. The first-order chi connectivity index (χ1) is 8.70. The summed E-state index contributed by atoms with van der Waals surface area (Å²) in [6.45, 7) is 12.6. The SMILES string of the molecule is CCN1CCC(C(C)NC2CCOCC2C)CC1. The van der Waals surface area contributed by atoms with Gasteiger partial charge in [-0.25, -0.2) is 0 Å². The zero-order valence-corrected chi connectivity index (χ0v) is 12.3. The van der Waals surface area contributed by atoms with Crippen LogP contribution in [0.4, 0.5) is 0 Å². The lowest BCUT2D eigenvalue weighted by Gasteiger charge is -2.38. The summed E-state index contributed by atoms with van der Waals surface area (Å²) in [6, 6.07) is 1.33. The van der Waals surface area contributed by atoms with Crippen molar-refractivity contribution in [1.29, 1.82) is 0 Å². The molecule has 2 fully saturated rings. The van der Waals surface area contributed by atoms with Gasteiger partial charge in [0.1, 0.15) is 0 Å². The molecule has 2 rings (SSSR count). The number of nitrogens with zero attached hydrogens (tertiary/aromatic N) is 1. The highest BCUT2D eigenvalue weighted by Gasteiger charge is 2.28. The third kappa shape index (κ3) is 3.69. The minimum absolute atomic E-state index is 0.662. The molecule has 3 atom stereocenters. The quantitative estimate of drug-likeness (QED) is 0.832. The van der Waals surface area contributed by atoms with Crippen LogP contribution in [-0.2, 0) is 4.74 Å². The van der Waals surface area contributed by atoms with Gasteiger partial charge in [-0.05, 0) is 57.7 Å². The average Bonchev–Trinajstić information content (AvgIpc) is 2.41. The Bertz CT molecular complexity index is 239.